The second-order valence-electron chi connectivity index (χ2n) is 6.38. The third kappa shape index (κ3) is 3.31. The number of nitrogens with one attached hydrogen (secondary N) is 1. The number of hydrogen-bond donors (Lipinski definition) is 2. The fourth-order valence-corrected chi connectivity index (χ4v) is 3.23. The van der Waals surface area contributed by atoms with E-state index in [1.54, 1.807) is 4.52 Å². The Bertz CT molecular complexity index is 914. The van der Waals surface area contributed by atoms with Crippen LogP contribution >= 0.6 is 0 Å². The summed E-state index contributed by atoms with van der Waals surface area (Å²) < 4.78 is 7.20. The average molecular weight is 350 g/mol. The van der Waals surface area contributed by atoms with Crippen LogP contribution in [-0.2, 0) is 11.2 Å². The number of nitrogens with zero attached hydrogens (tertiary/aromatic N) is 4. The van der Waals surface area contributed by atoms with Gasteiger partial charge in [0.05, 0.1) is 24.5 Å². The molecule has 0 aliphatic carbocycles. The van der Waals surface area contributed by atoms with Crippen molar-refractivity contribution in [1.29, 1.82) is 5.41 Å². The first-order valence-corrected chi connectivity index (χ1v) is 8.81. The van der Waals surface area contributed by atoms with E-state index in [1.165, 1.54) is 0 Å². The number of fused-ring (bicyclic) bond motifs is 1. The highest BCUT2D eigenvalue weighted by Gasteiger charge is 2.16. The summed E-state index contributed by atoms with van der Waals surface area (Å²) in [6.45, 7) is 4.36. The van der Waals surface area contributed by atoms with Crippen LogP contribution in [0.5, 0.6) is 0 Å². The summed E-state index contributed by atoms with van der Waals surface area (Å²) in [6.07, 6.45) is 0.757. The molecule has 0 saturated carbocycles. The van der Waals surface area contributed by atoms with E-state index in [-0.39, 0.29) is 5.84 Å². The first-order chi connectivity index (χ1) is 12.7. The summed E-state index contributed by atoms with van der Waals surface area (Å²) in [5.41, 5.74) is 8.98. The van der Waals surface area contributed by atoms with Gasteiger partial charge in [-0.15, -0.1) is 0 Å². The molecule has 3 N–H and O–H groups in total. The van der Waals surface area contributed by atoms with E-state index < -0.39 is 0 Å². The van der Waals surface area contributed by atoms with E-state index >= 15 is 0 Å². The third-order valence-corrected chi connectivity index (χ3v) is 4.64. The summed E-state index contributed by atoms with van der Waals surface area (Å²) in [4.78, 5) is 7.04. The molecular formula is C19H22N6O. The van der Waals surface area contributed by atoms with Gasteiger partial charge in [-0.25, -0.2) is 9.50 Å². The van der Waals surface area contributed by atoms with Crippen LogP contribution in [0.3, 0.4) is 0 Å². The first kappa shape index (κ1) is 16.7. The second kappa shape index (κ2) is 7.23. The molecule has 26 heavy (non-hydrogen) atoms. The topological polar surface area (TPSA) is 92.5 Å². The maximum atomic E-state index is 7.84. The molecule has 4 rings (SSSR count). The van der Waals surface area contributed by atoms with Gasteiger partial charge in [0.1, 0.15) is 5.84 Å². The number of ether oxygens (including phenoxy) is 1. The predicted molar refractivity (Wildman–Crippen MR) is 100 cm³/mol. The van der Waals surface area contributed by atoms with Gasteiger partial charge >= 0.3 is 0 Å². The number of benzene rings is 1. The van der Waals surface area contributed by atoms with E-state index in [0.29, 0.717) is 11.2 Å². The number of pyridine rings is 1. The summed E-state index contributed by atoms with van der Waals surface area (Å²) in [7, 11) is 0. The Kier molecular flexibility index (Phi) is 4.64. The van der Waals surface area contributed by atoms with Gasteiger partial charge in [0.25, 0.3) is 0 Å². The molecule has 7 heteroatoms. The molecule has 0 amide bonds. The second-order valence-corrected chi connectivity index (χ2v) is 6.38. The average Bonchev–Trinajstić information content (AvgIpc) is 3.11. The van der Waals surface area contributed by atoms with E-state index in [2.05, 4.69) is 9.88 Å². The van der Waals surface area contributed by atoms with Crippen molar-refractivity contribution in [2.24, 2.45) is 5.73 Å². The van der Waals surface area contributed by atoms with Gasteiger partial charge in [-0.1, -0.05) is 30.3 Å². The Labute approximate surface area is 151 Å². The van der Waals surface area contributed by atoms with E-state index in [9.17, 15) is 0 Å². The number of morpholine rings is 1. The number of nitrogen functional groups attached to an aromatic ring is 1. The highest BCUT2D eigenvalue weighted by Crippen LogP contribution is 2.22. The van der Waals surface area contributed by atoms with Gasteiger partial charge in [-0.05, 0) is 12.1 Å². The van der Waals surface area contributed by atoms with Gasteiger partial charge in [0.15, 0.2) is 11.5 Å². The maximum Gasteiger partial charge on any atom is 0.167 e. The van der Waals surface area contributed by atoms with E-state index in [0.717, 1.165) is 56.4 Å². The Balaban J connectivity index is 1.69. The van der Waals surface area contributed by atoms with E-state index in [4.69, 9.17) is 21.0 Å². The lowest BCUT2D eigenvalue weighted by Crippen LogP contribution is -2.37. The molecule has 3 heterocycles. The fourth-order valence-electron chi connectivity index (χ4n) is 3.23. The number of nitrogens with two attached hydrogens (primary N) is 1. The number of hydrogen-bond acceptors (Lipinski definition) is 5. The van der Waals surface area contributed by atoms with Crippen molar-refractivity contribution in [2.75, 3.05) is 32.8 Å². The predicted octanol–water partition coefficient (Wildman–Crippen LogP) is 1.56. The molecule has 3 aromatic rings. The van der Waals surface area contributed by atoms with Gasteiger partial charge < -0.3 is 10.5 Å². The lowest BCUT2D eigenvalue weighted by molar-refractivity contribution is 0.0382. The summed E-state index contributed by atoms with van der Waals surface area (Å²) in [5, 5.41) is 12.6. The zero-order valence-electron chi connectivity index (χ0n) is 14.6. The zero-order chi connectivity index (χ0) is 17.9. The Morgan fingerprint density at radius 2 is 1.88 bits per heavy atom. The van der Waals surface area contributed by atoms with Crippen LogP contribution in [0.1, 0.15) is 11.4 Å². The monoisotopic (exact) mass is 350 g/mol. The third-order valence-electron chi connectivity index (χ3n) is 4.64. The molecule has 0 spiro atoms. The molecule has 0 unspecified atom stereocenters. The molecule has 2 aromatic heterocycles. The maximum absolute atomic E-state index is 7.84. The molecule has 0 atom stereocenters. The quantitative estimate of drug-likeness (QED) is 0.538. The van der Waals surface area contributed by atoms with Crippen molar-refractivity contribution in [2.45, 2.75) is 6.42 Å². The molecule has 1 aromatic carbocycles. The molecule has 1 saturated heterocycles. The van der Waals surface area contributed by atoms with E-state index in [1.807, 2.05) is 42.5 Å². The van der Waals surface area contributed by atoms with Crippen molar-refractivity contribution in [3.63, 3.8) is 0 Å². The smallest absolute Gasteiger partial charge is 0.167 e. The van der Waals surface area contributed by atoms with Crippen LogP contribution < -0.4 is 5.73 Å². The molecular weight excluding hydrogens is 328 g/mol. The molecule has 1 aliphatic rings. The number of aromatic nitrogens is 3. The number of rotatable bonds is 5. The standard InChI is InChI=1S/C19H22N6O/c20-18(21)15-6-7-16(14-4-2-1-3-5-14)25-19(15)22-17(23-25)8-9-24-10-12-26-13-11-24/h1-7H,8-13H2,(H3,20,21). The molecule has 134 valence electrons. The minimum Gasteiger partial charge on any atom is -0.384 e. The molecule has 1 fully saturated rings. The lowest BCUT2D eigenvalue weighted by atomic mass is 10.1. The minimum absolute atomic E-state index is 0.00161. The Hall–Kier alpha value is -2.77. The van der Waals surface area contributed by atoms with Crippen LogP contribution in [0.25, 0.3) is 16.9 Å². The SMILES string of the molecule is N=C(N)c1ccc(-c2ccccc2)n2nc(CCN3CCOCC3)nc12. The van der Waals surface area contributed by atoms with Crippen LogP contribution in [-0.4, -0.2) is 58.2 Å². The van der Waals surface area contributed by atoms with Gasteiger partial charge in [0.2, 0.25) is 0 Å². The zero-order valence-corrected chi connectivity index (χ0v) is 14.6. The van der Waals surface area contributed by atoms with Crippen molar-refractivity contribution >= 4 is 11.5 Å². The van der Waals surface area contributed by atoms with Gasteiger partial charge in [-0.2, -0.15) is 5.10 Å². The highest BCUT2D eigenvalue weighted by atomic mass is 16.5. The largest absolute Gasteiger partial charge is 0.384 e. The Morgan fingerprint density at radius 3 is 2.62 bits per heavy atom. The summed E-state index contributed by atoms with van der Waals surface area (Å²) in [5.74, 6) is 0.768. The van der Waals surface area contributed by atoms with Gasteiger partial charge in [0, 0.05) is 31.6 Å². The Morgan fingerprint density at radius 1 is 1.12 bits per heavy atom. The highest BCUT2D eigenvalue weighted by molar-refractivity contribution is 6.00. The number of amidine groups is 1. The lowest BCUT2D eigenvalue weighted by Gasteiger charge is -2.25. The van der Waals surface area contributed by atoms with Crippen LogP contribution in [0.15, 0.2) is 42.5 Å². The normalized spacial score (nSPS) is 15.4. The summed E-state index contributed by atoms with van der Waals surface area (Å²) in [6, 6.07) is 13.8. The first-order valence-electron chi connectivity index (χ1n) is 8.81. The van der Waals surface area contributed by atoms with Crippen molar-refractivity contribution < 1.29 is 4.74 Å². The van der Waals surface area contributed by atoms with Crippen LogP contribution in [0, 0.1) is 5.41 Å². The van der Waals surface area contributed by atoms with Crippen molar-refractivity contribution in [3.8, 4) is 11.3 Å². The molecule has 7 nitrogen and oxygen atoms in total. The van der Waals surface area contributed by atoms with Crippen molar-refractivity contribution in [1.82, 2.24) is 19.5 Å². The van der Waals surface area contributed by atoms with Crippen molar-refractivity contribution in [3.05, 3.63) is 53.9 Å². The minimum atomic E-state index is 0.00161. The van der Waals surface area contributed by atoms with Crippen LogP contribution in [0.2, 0.25) is 0 Å². The van der Waals surface area contributed by atoms with Crippen LogP contribution in [0.4, 0.5) is 0 Å². The van der Waals surface area contributed by atoms with Gasteiger partial charge in [-0.3, -0.25) is 10.3 Å². The molecule has 0 radical (unpaired) electrons. The molecule has 0 bridgehead atoms. The molecule has 1 aliphatic heterocycles. The fraction of sp³-hybridized carbons (Fsp3) is 0.316. The summed E-state index contributed by atoms with van der Waals surface area (Å²) >= 11 is 0.